The molecule has 1 amide bonds. The zero-order valence-electron chi connectivity index (χ0n) is 16.5. The molecule has 0 radical (unpaired) electrons. The number of amides is 1. The molecule has 0 atom stereocenters. The smallest absolute Gasteiger partial charge is 0.265 e. The molecule has 0 unspecified atom stereocenters. The van der Waals surface area contributed by atoms with Gasteiger partial charge in [0.15, 0.2) is 6.61 Å². The van der Waals surface area contributed by atoms with Crippen molar-refractivity contribution >= 4 is 17.2 Å². The van der Waals surface area contributed by atoms with Crippen LogP contribution >= 0.6 is 11.3 Å². The third kappa shape index (κ3) is 4.95. The third-order valence-corrected chi connectivity index (χ3v) is 5.90. The van der Waals surface area contributed by atoms with E-state index in [0.29, 0.717) is 12.3 Å². The van der Waals surface area contributed by atoms with Gasteiger partial charge in [0.05, 0.1) is 12.8 Å². The van der Waals surface area contributed by atoms with E-state index in [2.05, 4.69) is 11.1 Å². The Hall–Kier alpha value is -2.86. The second-order valence-electron chi connectivity index (χ2n) is 7.11. The highest BCUT2D eigenvalue weighted by Gasteiger charge is 2.21. The fourth-order valence-corrected chi connectivity index (χ4v) is 4.18. The number of furan rings is 1. The van der Waals surface area contributed by atoms with Crippen molar-refractivity contribution in [2.24, 2.45) is 0 Å². The number of aromatic nitrogens is 1. The Labute approximate surface area is 174 Å². The number of hydrogen-bond donors (Lipinski definition) is 0. The molecule has 5 nitrogen and oxygen atoms in total. The minimum absolute atomic E-state index is 0.00620. The second kappa shape index (κ2) is 9.09. The predicted molar refractivity (Wildman–Crippen MR) is 114 cm³/mol. The lowest BCUT2D eigenvalue weighted by molar-refractivity contribution is -0.132. The SMILES string of the molecule is Cc1csc(-c2ccc(OCC(=O)N(Cc3ccco3)C3=CCCCC3)cc2)n1. The molecule has 1 aromatic carbocycles. The zero-order valence-corrected chi connectivity index (χ0v) is 17.3. The molecule has 2 heterocycles. The average Bonchev–Trinajstić information content (AvgIpc) is 3.43. The summed E-state index contributed by atoms with van der Waals surface area (Å²) >= 11 is 1.62. The molecule has 0 aliphatic heterocycles. The fraction of sp³-hybridized carbons (Fsp3) is 0.304. The zero-order chi connectivity index (χ0) is 20.1. The third-order valence-electron chi connectivity index (χ3n) is 4.89. The number of carbonyl (C=O) groups excluding carboxylic acids is 1. The van der Waals surface area contributed by atoms with Gasteiger partial charge in [-0.2, -0.15) is 0 Å². The van der Waals surface area contributed by atoms with Crippen molar-refractivity contribution in [2.45, 2.75) is 39.2 Å². The number of hydrogen-bond acceptors (Lipinski definition) is 5. The highest BCUT2D eigenvalue weighted by molar-refractivity contribution is 7.13. The normalized spacial score (nSPS) is 13.8. The highest BCUT2D eigenvalue weighted by atomic mass is 32.1. The van der Waals surface area contributed by atoms with Crippen molar-refractivity contribution in [3.63, 3.8) is 0 Å². The van der Waals surface area contributed by atoms with Crippen LogP contribution in [0.4, 0.5) is 0 Å². The molecule has 0 bridgehead atoms. The first kappa shape index (κ1) is 19.5. The van der Waals surface area contributed by atoms with E-state index in [0.717, 1.165) is 47.0 Å². The van der Waals surface area contributed by atoms with Crippen molar-refractivity contribution in [1.82, 2.24) is 9.88 Å². The van der Waals surface area contributed by atoms with Crippen LogP contribution < -0.4 is 4.74 Å². The summed E-state index contributed by atoms with van der Waals surface area (Å²) in [7, 11) is 0. The van der Waals surface area contributed by atoms with Crippen LogP contribution in [-0.2, 0) is 11.3 Å². The summed E-state index contributed by atoms with van der Waals surface area (Å²) in [6.45, 7) is 2.41. The monoisotopic (exact) mass is 408 g/mol. The van der Waals surface area contributed by atoms with Crippen LogP contribution in [0.3, 0.4) is 0 Å². The van der Waals surface area contributed by atoms with Crippen LogP contribution in [0.5, 0.6) is 5.75 Å². The first-order chi connectivity index (χ1) is 14.2. The van der Waals surface area contributed by atoms with Gasteiger partial charge >= 0.3 is 0 Å². The topological polar surface area (TPSA) is 55.6 Å². The number of nitrogens with zero attached hydrogens (tertiary/aromatic N) is 2. The standard InChI is InChI=1S/C23H24N2O3S/c1-17-16-29-23(24-17)18-9-11-20(12-10-18)28-15-22(26)25(14-21-8-5-13-27-21)19-6-3-2-4-7-19/h5-6,8-13,16H,2-4,7,14-15H2,1H3. The van der Waals surface area contributed by atoms with E-state index in [1.807, 2.05) is 48.7 Å². The minimum Gasteiger partial charge on any atom is -0.484 e. The lowest BCUT2D eigenvalue weighted by Crippen LogP contribution is -2.34. The Morgan fingerprint density at radius 2 is 2.10 bits per heavy atom. The first-order valence-corrected chi connectivity index (χ1v) is 10.7. The van der Waals surface area contributed by atoms with Crippen molar-refractivity contribution in [3.8, 4) is 16.3 Å². The molecule has 4 rings (SSSR count). The number of benzene rings is 1. The molecule has 29 heavy (non-hydrogen) atoms. The number of rotatable bonds is 7. The van der Waals surface area contributed by atoms with Crippen molar-refractivity contribution in [2.75, 3.05) is 6.61 Å². The quantitative estimate of drug-likeness (QED) is 0.512. The summed E-state index contributed by atoms with van der Waals surface area (Å²) in [5, 5.41) is 3.02. The summed E-state index contributed by atoms with van der Waals surface area (Å²) in [6, 6.07) is 11.5. The van der Waals surface area contributed by atoms with Crippen molar-refractivity contribution < 1.29 is 13.9 Å². The van der Waals surface area contributed by atoms with Crippen molar-refractivity contribution in [3.05, 3.63) is 71.3 Å². The van der Waals surface area contributed by atoms with Gasteiger partial charge in [-0.3, -0.25) is 4.79 Å². The molecular formula is C23H24N2O3S. The van der Waals surface area contributed by atoms with Crippen LogP contribution in [-0.4, -0.2) is 22.4 Å². The van der Waals surface area contributed by atoms with E-state index in [4.69, 9.17) is 9.15 Å². The second-order valence-corrected chi connectivity index (χ2v) is 7.97. The maximum Gasteiger partial charge on any atom is 0.265 e. The molecule has 0 saturated carbocycles. The summed E-state index contributed by atoms with van der Waals surface area (Å²) in [5.74, 6) is 1.38. The average molecular weight is 409 g/mol. The molecule has 1 aliphatic carbocycles. The van der Waals surface area contributed by atoms with E-state index >= 15 is 0 Å². The largest absolute Gasteiger partial charge is 0.484 e. The molecule has 0 saturated heterocycles. The van der Waals surface area contributed by atoms with Crippen LogP contribution in [0.15, 0.2) is 64.2 Å². The Kier molecular flexibility index (Phi) is 6.10. The van der Waals surface area contributed by atoms with Gasteiger partial charge in [-0.25, -0.2) is 4.98 Å². The van der Waals surface area contributed by atoms with Gasteiger partial charge in [-0.05, 0) is 69.0 Å². The van der Waals surface area contributed by atoms with Gasteiger partial charge in [0.1, 0.15) is 16.5 Å². The fourth-order valence-electron chi connectivity index (χ4n) is 3.38. The first-order valence-electron chi connectivity index (χ1n) is 9.86. The number of thiazole rings is 1. The Balaban J connectivity index is 1.41. The summed E-state index contributed by atoms with van der Waals surface area (Å²) in [4.78, 5) is 19.2. The summed E-state index contributed by atoms with van der Waals surface area (Å²) < 4.78 is 11.2. The van der Waals surface area contributed by atoms with E-state index in [1.54, 1.807) is 22.5 Å². The maximum atomic E-state index is 12.9. The molecule has 2 aromatic heterocycles. The van der Waals surface area contributed by atoms with E-state index in [1.165, 1.54) is 6.42 Å². The molecular weight excluding hydrogens is 384 g/mol. The van der Waals surface area contributed by atoms with E-state index in [-0.39, 0.29) is 12.5 Å². The van der Waals surface area contributed by atoms with Gasteiger partial charge in [0.2, 0.25) is 0 Å². The molecule has 1 aliphatic rings. The van der Waals surface area contributed by atoms with Gasteiger partial charge in [-0.15, -0.1) is 11.3 Å². The van der Waals surface area contributed by atoms with Crippen LogP contribution in [0.25, 0.3) is 10.6 Å². The maximum absolute atomic E-state index is 12.9. The van der Waals surface area contributed by atoms with Gasteiger partial charge in [-0.1, -0.05) is 6.08 Å². The molecule has 150 valence electrons. The summed E-state index contributed by atoms with van der Waals surface area (Å²) in [5.41, 5.74) is 3.13. The number of carbonyl (C=O) groups is 1. The van der Waals surface area contributed by atoms with Crippen LogP contribution in [0, 0.1) is 6.92 Å². The lowest BCUT2D eigenvalue weighted by Gasteiger charge is -2.27. The molecule has 3 aromatic rings. The molecule has 0 spiro atoms. The molecule has 0 N–H and O–H groups in total. The number of ether oxygens (including phenoxy) is 1. The van der Waals surface area contributed by atoms with E-state index < -0.39 is 0 Å². The number of aryl methyl sites for hydroxylation is 1. The van der Waals surface area contributed by atoms with Crippen molar-refractivity contribution in [1.29, 1.82) is 0 Å². The Morgan fingerprint density at radius 3 is 2.76 bits per heavy atom. The molecule has 0 fully saturated rings. The van der Waals surface area contributed by atoms with Crippen LogP contribution in [0.1, 0.15) is 37.1 Å². The number of allylic oxidation sites excluding steroid dienone is 2. The highest BCUT2D eigenvalue weighted by Crippen LogP contribution is 2.26. The molecule has 6 heteroatoms. The Bertz CT molecular complexity index is 974. The summed E-state index contributed by atoms with van der Waals surface area (Å²) in [6.07, 6.45) is 7.99. The van der Waals surface area contributed by atoms with Gasteiger partial charge in [0, 0.05) is 22.3 Å². The minimum atomic E-state index is -0.0609. The lowest BCUT2D eigenvalue weighted by atomic mass is 10.0. The van der Waals surface area contributed by atoms with Crippen LogP contribution in [0.2, 0.25) is 0 Å². The van der Waals surface area contributed by atoms with Gasteiger partial charge < -0.3 is 14.1 Å². The predicted octanol–water partition coefficient (Wildman–Crippen LogP) is 5.58. The van der Waals surface area contributed by atoms with E-state index in [9.17, 15) is 4.79 Å². The van der Waals surface area contributed by atoms with Gasteiger partial charge in [0.25, 0.3) is 5.91 Å². The Morgan fingerprint density at radius 1 is 1.24 bits per heavy atom.